The van der Waals surface area contributed by atoms with Gasteiger partial charge < -0.3 is 19.5 Å². The van der Waals surface area contributed by atoms with Crippen molar-refractivity contribution in [3.63, 3.8) is 0 Å². The van der Waals surface area contributed by atoms with Crippen LogP contribution in [0.15, 0.2) is 0 Å². The highest BCUT2D eigenvalue weighted by Gasteiger charge is 2.44. The van der Waals surface area contributed by atoms with E-state index in [-0.39, 0.29) is 17.7 Å². The minimum atomic E-state index is -0.780. The van der Waals surface area contributed by atoms with Gasteiger partial charge in [0.05, 0.1) is 25.7 Å². The lowest BCUT2D eigenvalue weighted by atomic mass is 9.99. The minimum absolute atomic E-state index is 0.0759. The maximum Gasteiger partial charge on any atom is 0.306 e. The van der Waals surface area contributed by atoms with Crippen LogP contribution in [0.25, 0.3) is 0 Å². The van der Waals surface area contributed by atoms with Crippen molar-refractivity contribution in [1.82, 2.24) is 4.90 Å². The summed E-state index contributed by atoms with van der Waals surface area (Å²) < 4.78 is 11.3. The van der Waals surface area contributed by atoms with Crippen LogP contribution in [0.2, 0.25) is 0 Å². The summed E-state index contributed by atoms with van der Waals surface area (Å²) in [5, 5.41) is 9.03. The number of hydrogen-bond donors (Lipinski definition) is 1. The predicted molar refractivity (Wildman–Crippen MR) is 68.9 cm³/mol. The van der Waals surface area contributed by atoms with Gasteiger partial charge in [0.1, 0.15) is 0 Å². The third kappa shape index (κ3) is 2.54. The van der Waals surface area contributed by atoms with Gasteiger partial charge >= 0.3 is 5.97 Å². The lowest BCUT2D eigenvalue weighted by Gasteiger charge is -2.39. The zero-order chi connectivity index (χ0) is 14.2. The van der Waals surface area contributed by atoms with Crippen LogP contribution < -0.4 is 0 Å². The largest absolute Gasteiger partial charge is 0.481 e. The monoisotopic (exact) mass is 283 g/mol. The maximum atomic E-state index is 12.5. The molecule has 3 aliphatic rings. The second kappa shape index (κ2) is 5.33. The number of aliphatic carboxylic acids is 1. The fourth-order valence-corrected chi connectivity index (χ4v) is 3.60. The Balaban J connectivity index is 1.61. The Morgan fingerprint density at radius 2 is 1.85 bits per heavy atom. The summed E-state index contributed by atoms with van der Waals surface area (Å²) in [6.45, 7) is 2.39. The summed E-state index contributed by atoms with van der Waals surface area (Å²) >= 11 is 0. The average molecular weight is 283 g/mol. The van der Waals surface area contributed by atoms with Crippen molar-refractivity contribution in [2.75, 3.05) is 26.3 Å². The number of hydrogen-bond acceptors (Lipinski definition) is 4. The first-order chi connectivity index (χ1) is 9.60. The first-order valence-electron chi connectivity index (χ1n) is 7.39. The lowest BCUT2D eigenvalue weighted by molar-refractivity contribution is -0.194. The Bertz CT molecular complexity index is 404. The average Bonchev–Trinajstić information content (AvgIpc) is 3.08. The van der Waals surface area contributed by atoms with Crippen LogP contribution in [0.4, 0.5) is 0 Å². The molecule has 2 unspecified atom stereocenters. The number of amides is 1. The van der Waals surface area contributed by atoms with E-state index in [1.54, 1.807) is 0 Å². The summed E-state index contributed by atoms with van der Waals surface area (Å²) in [5.74, 6) is -1.81. The normalized spacial score (nSPS) is 32.7. The molecule has 112 valence electrons. The van der Waals surface area contributed by atoms with E-state index in [0.717, 1.165) is 19.4 Å². The van der Waals surface area contributed by atoms with Crippen molar-refractivity contribution in [3.8, 4) is 0 Å². The topological polar surface area (TPSA) is 76.1 Å². The number of rotatable bonds is 2. The Morgan fingerprint density at radius 1 is 1.15 bits per heavy atom. The Kier molecular flexibility index (Phi) is 3.69. The molecule has 3 fully saturated rings. The molecule has 1 saturated carbocycles. The van der Waals surface area contributed by atoms with E-state index in [1.165, 1.54) is 0 Å². The van der Waals surface area contributed by atoms with Gasteiger partial charge in [0.25, 0.3) is 0 Å². The van der Waals surface area contributed by atoms with Gasteiger partial charge in [-0.15, -0.1) is 0 Å². The fourth-order valence-electron chi connectivity index (χ4n) is 3.60. The molecule has 3 rings (SSSR count). The number of ether oxygens (including phenoxy) is 2. The molecule has 6 nitrogen and oxygen atoms in total. The van der Waals surface area contributed by atoms with Crippen LogP contribution in [-0.4, -0.2) is 54.0 Å². The smallest absolute Gasteiger partial charge is 0.306 e. The molecule has 0 aromatic carbocycles. The highest BCUT2D eigenvalue weighted by Crippen LogP contribution is 2.35. The van der Waals surface area contributed by atoms with Crippen molar-refractivity contribution >= 4 is 11.9 Å². The molecule has 2 aliphatic heterocycles. The minimum Gasteiger partial charge on any atom is -0.481 e. The van der Waals surface area contributed by atoms with Crippen molar-refractivity contribution in [2.45, 2.75) is 37.9 Å². The predicted octanol–water partition coefficient (Wildman–Crippen LogP) is 0.853. The molecule has 1 N–H and O–H groups in total. The zero-order valence-corrected chi connectivity index (χ0v) is 11.5. The second-order valence-electron chi connectivity index (χ2n) is 6.02. The second-order valence-corrected chi connectivity index (χ2v) is 6.02. The summed E-state index contributed by atoms with van der Waals surface area (Å²) in [5.41, 5.74) is 0. The van der Waals surface area contributed by atoms with Crippen molar-refractivity contribution in [2.24, 2.45) is 11.8 Å². The number of piperidine rings is 1. The van der Waals surface area contributed by atoms with Gasteiger partial charge in [0, 0.05) is 18.9 Å². The first kappa shape index (κ1) is 13.8. The van der Waals surface area contributed by atoms with E-state index < -0.39 is 11.8 Å². The van der Waals surface area contributed by atoms with E-state index in [1.807, 2.05) is 4.90 Å². The van der Waals surface area contributed by atoms with Crippen LogP contribution in [-0.2, 0) is 19.1 Å². The number of carboxylic acid groups (broad SMARTS) is 1. The third-order valence-corrected chi connectivity index (χ3v) is 4.67. The van der Waals surface area contributed by atoms with Gasteiger partial charge in [-0.05, 0) is 25.7 Å². The Hall–Kier alpha value is -1.14. The van der Waals surface area contributed by atoms with Crippen molar-refractivity contribution in [3.05, 3.63) is 0 Å². The highest BCUT2D eigenvalue weighted by atomic mass is 16.7. The van der Waals surface area contributed by atoms with Crippen molar-refractivity contribution in [1.29, 1.82) is 0 Å². The van der Waals surface area contributed by atoms with E-state index in [2.05, 4.69) is 0 Å². The number of carbonyl (C=O) groups excluding carboxylic acids is 1. The molecule has 1 amide bonds. The van der Waals surface area contributed by atoms with Gasteiger partial charge in [-0.3, -0.25) is 9.59 Å². The Labute approximate surface area is 118 Å². The third-order valence-electron chi connectivity index (χ3n) is 4.67. The molecule has 0 aromatic rings. The molecule has 1 spiro atoms. The van der Waals surface area contributed by atoms with Crippen LogP contribution in [0.5, 0.6) is 0 Å². The summed E-state index contributed by atoms with van der Waals surface area (Å²) in [7, 11) is 0. The summed E-state index contributed by atoms with van der Waals surface area (Å²) in [6.07, 6.45) is 3.47. The van der Waals surface area contributed by atoms with Gasteiger partial charge in [-0.25, -0.2) is 0 Å². The molecule has 0 aromatic heterocycles. The SMILES string of the molecule is O=C(O)C1CCC(C(=O)N2CCCC3(C2)OCCO3)C1. The van der Waals surface area contributed by atoms with Gasteiger partial charge in [0.15, 0.2) is 5.79 Å². The van der Waals surface area contributed by atoms with Gasteiger partial charge in [0.2, 0.25) is 5.91 Å². The van der Waals surface area contributed by atoms with E-state index in [9.17, 15) is 9.59 Å². The fraction of sp³-hybridized carbons (Fsp3) is 0.857. The van der Waals surface area contributed by atoms with E-state index >= 15 is 0 Å². The molecule has 2 atom stereocenters. The number of likely N-dealkylation sites (tertiary alicyclic amines) is 1. The first-order valence-corrected chi connectivity index (χ1v) is 7.39. The Morgan fingerprint density at radius 3 is 2.50 bits per heavy atom. The molecule has 0 radical (unpaired) electrons. The lowest BCUT2D eigenvalue weighted by Crippen LogP contribution is -2.52. The molecule has 2 heterocycles. The zero-order valence-electron chi connectivity index (χ0n) is 11.5. The standard InChI is InChI=1S/C14H21NO5/c16-12(10-2-3-11(8-10)13(17)18)15-5-1-4-14(9-15)19-6-7-20-14/h10-11H,1-9H2,(H,17,18). The quantitative estimate of drug-likeness (QED) is 0.813. The highest BCUT2D eigenvalue weighted by molar-refractivity contribution is 5.81. The van der Waals surface area contributed by atoms with Crippen LogP contribution in [0, 0.1) is 11.8 Å². The molecule has 6 heteroatoms. The van der Waals surface area contributed by atoms with Crippen molar-refractivity contribution < 1.29 is 24.2 Å². The molecule has 1 aliphatic carbocycles. The summed E-state index contributed by atoms with van der Waals surface area (Å²) in [6, 6.07) is 0. The van der Waals surface area contributed by atoms with Crippen LogP contribution >= 0.6 is 0 Å². The molecular weight excluding hydrogens is 262 g/mol. The van der Waals surface area contributed by atoms with E-state index in [4.69, 9.17) is 14.6 Å². The molecule has 0 bridgehead atoms. The molecule has 20 heavy (non-hydrogen) atoms. The maximum absolute atomic E-state index is 12.5. The van der Waals surface area contributed by atoms with Gasteiger partial charge in [-0.1, -0.05) is 0 Å². The number of carboxylic acids is 1. The van der Waals surface area contributed by atoms with E-state index in [0.29, 0.717) is 39.0 Å². The number of carbonyl (C=O) groups is 2. The number of nitrogens with zero attached hydrogens (tertiary/aromatic N) is 1. The van der Waals surface area contributed by atoms with Crippen LogP contribution in [0.1, 0.15) is 32.1 Å². The molecular formula is C14H21NO5. The van der Waals surface area contributed by atoms with Crippen LogP contribution in [0.3, 0.4) is 0 Å². The van der Waals surface area contributed by atoms with Gasteiger partial charge in [-0.2, -0.15) is 0 Å². The molecule has 2 saturated heterocycles. The summed E-state index contributed by atoms with van der Waals surface area (Å²) in [4.78, 5) is 25.3.